The zero-order valence-corrected chi connectivity index (χ0v) is 23.8. The highest BCUT2D eigenvalue weighted by molar-refractivity contribution is 5.95. The van der Waals surface area contributed by atoms with Crippen LogP contribution in [0.2, 0.25) is 0 Å². The third-order valence-electron chi connectivity index (χ3n) is 7.00. The number of piperazine rings is 1. The van der Waals surface area contributed by atoms with Gasteiger partial charge in [-0.15, -0.1) is 0 Å². The molecule has 0 saturated carbocycles. The van der Waals surface area contributed by atoms with Crippen molar-refractivity contribution >= 4 is 18.0 Å². The number of nitrogens with one attached hydrogen (secondary N) is 2. The van der Waals surface area contributed by atoms with Crippen molar-refractivity contribution in [1.29, 1.82) is 0 Å². The molecular weight excluding hydrogens is 510 g/mol. The van der Waals surface area contributed by atoms with Gasteiger partial charge in [0, 0.05) is 51.0 Å². The smallest absolute Gasteiger partial charge is 0.338 e. The molecule has 2 N–H and O–H groups in total. The molecule has 2 heterocycles. The Balaban J connectivity index is 1.63. The van der Waals surface area contributed by atoms with E-state index in [0.717, 1.165) is 0 Å². The molecule has 0 bridgehead atoms. The van der Waals surface area contributed by atoms with Gasteiger partial charge in [0.2, 0.25) is 0 Å². The van der Waals surface area contributed by atoms with E-state index in [-0.39, 0.29) is 30.8 Å². The van der Waals surface area contributed by atoms with Gasteiger partial charge in [0.1, 0.15) is 11.5 Å². The van der Waals surface area contributed by atoms with Crippen LogP contribution in [0.1, 0.15) is 39.3 Å². The maximum atomic E-state index is 13.4. The van der Waals surface area contributed by atoms with E-state index in [4.69, 9.17) is 9.47 Å². The number of likely N-dealkylation sites (N-methyl/N-ethyl adjacent to an activating group) is 1. The van der Waals surface area contributed by atoms with Crippen LogP contribution in [-0.4, -0.2) is 84.6 Å². The molecule has 214 valence electrons. The second kappa shape index (κ2) is 12.9. The number of ether oxygens (including phenoxy) is 2. The Bertz CT molecular complexity index is 1250. The van der Waals surface area contributed by atoms with E-state index in [2.05, 4.69) is 15.5 Å². The maximum Gasteiger partial charge on any atom is 0.338 e. The lowest BCUT2D eigenvalue weighted by atomic mass is 9.94. The van der Waals surface area contributed by atoms with Crippen molar-refractivity contribution < 1.29 is 23.9 Å². The number of hydrogen-bond acceptors (Lipinski definition) is 6. The fourth-order valence-electron chi connectivity index (χ4n) is 5.05. The standard InChI is InChI=1S/C30H39N5O5/c1-6-39-28(36)26-25(19-34-15-16-35(21(4)18-34)30(38)31-20(2)3)33(5)29(37)32-27(26)22-11-10-14-24(17-22)40-23-12-8-7-9-13-23/h7-14,17,20-21,27H,6,15-16,18-19H2,1-5H3,(H,31,38)(H,32,37)/t21-,27+/m1/s1. The van der Waals surface area contributed by atoms with E-state index in [9.17, 15) is 14.4 Å². The van der Waals surface area contributed by atoms with E-state index in [1.54, 1.807) is 14.0 Å². The molecular formula is C30H39N5O5. The third kappa shape index (κ3) is 6.74. The van der Waals surface area contributed by atoms with Crippen molar-refractivity contribution in [3.05, 3.63) is 71.4 Å². The quantitative estimate of drug-likeness (QED) is 0.481. The summed E-state index contributed by atoms with van der Waals surface area (Å²) in [6.45, 7) is 9.96. The lowest BCUT2D eigenvalue weighted by Gasteiger charge is -2.42. The van der Waals surface area contributed by atoms with E-state index in [1.807, 2.05) is 80.3 Å². The minimum Gasteiger partial charge on any atom is -0.463 e. The summed E-state index contributed by atoms with van der Waals surface area (Å²) in [5.41, 5.74) is 1.67. The van der Waals surface area contributed by atoms with Crippen molar-refractivity contribution in [2.75, 3.05) is 39.8 Å². The first-order valence-corrected chi connectivity index (χ1v) is 13.7. The van der Waals surface area contributed by atoms with Crippen LogP contribution < -0.4 is 15.4 Å². The SMILES string of the molecule is CCOC(=O)C1=C(CN2CCN(C(=O)NC(C)C)[C@H](C)C2)N(C)C(=O)N[C@H]1c1cccc(Oc2ccccc2)c1. The summed E-state index contributed by atoms with van der Waals surface area (Å²) < 4.78 is 11.5. The Hall–Kier alpha value is -4.05. The van der Waals surface area contributed by atoms with Crippen LogP contribution in [0.5, 0.6) is 11.5 Å². The Morgan fingerprint density at radius 1 is 1.07 bits per heavy atom. The summed E-state index contributed by atoms with van der Waals surface area (Å²) in [4.78, 5) is 44.7. The fraction of sp³-hybridized carbons (Fsp3) is 0.433. The number of para-hydroxylation sites is 1. The monoisotopic (exact) mass is 549 g/mol. The molecule has 4 rings (SSSR count). The fourth-order valence-corrected chi connectivity index (χ4v) is 5.05. The predicted molar refractivity (Wildman–Crippen MR) is 152 cm³/mol. The van der Waals surface area contributed by atoms with Gasteiger partial charge < -0.3 is 25.0 Å². The molecule has 2 aromatic rings. The lowest BCUT2D eigenvalue weighted by molar-refractivity contribution is -0.139. The molecule has 0 aromatic heterocycles. The lowest BCUT2D eigenvalue weighted by Crippen LogP contribution is -2.58. The molecule has 1 fully saturated rings. The molecule has 10 heteroatoms. The zero-order valence-electron chi connectivity index (χ0n) is 23.8. The van der Waals surface area contributed by atoms with Crippen LogP contribution in [0.25, 0.3) is 0 Å². The predicted octanol–water partition coefficient (Wildman–Crippen LogP) is 4.12. The summed E-state index contributed by atoms with van der Waals surface area (Å²) in [5.74, 6) is 0.794. The minimum absolute atomic E-state index is 0.0375. The highest BCUT2D eigenvalue weighted by Crippen LogP contribution is 2.34. The summed E-state index contributed by atoms with van der Waals surface area (Å²) in [6.07, 6.45) is 0. The highest BCUT2D eigenvalue weighted by Gasteiger charge is 2.38. The van der Waals surface area contributed by atoms with Crippen molar-refractivity contribution in [2.45, 2.75) is 45.8 Å². The molecule has 40 heavy (non-hydrogen) atoms. The molecule has 2 atom stereocenters. The maximum absolute atomic E-state index is 13.4. The molecule has 0 aliphatic carbocycles. The number of benzene rings is 2. The molecule has 0 radical (unpaired) electrons. The van der Waals surface area contributed by atoms with Gasteiger partial charge in [0.25, 0.3) is 0 Å². The molecule has 2 aliphatic rings. The number of carbonyl (C=O) groups excluding carboxylic acids is 3. The summed E-state index contributed by atoms with van der Waals surface area (Å²) in [5, 5.41) is 5.93. The largest absolute Gasteiger partial charge is 0.463 e. The Labute approximate surface area is 235 Å². The Morgan fingerprint density at radius 2 is 1.80 bits per heavy atom. The average molecular weight is 550 g/mol. The van der Waals surface area contributed by atoms with Gasteiger partial charge in [-0.2, -0.15) is 0 Å². The molecule has 4 amide bonds. The van der Waals surface area contributed by atoms with Crippen LogP contribution in [0.3, 0.4) is 0 Å². The van der Waals surface area contributed by atoms with Gasteiger partial charge in [-0.1, -0.05) is 30.3 Å². The number of nitrogens with zero attached hydrogens (tertiary/aromatic N) is 3. The van der Waals surface area contributed by atoms with Gasteiger partial charge in [0.15, 0.2) is 0 Å². The molecule has 0 spiro atoms. The first-order chi connectivity index (χ1) is 19.2. The summed E-state index contributed by atoms with van der Waals surface area (Å²) in [7, 11) is 1.66. The van der Waals surface area contributed by atoms with Crippen molar-refractivity contribution in [3.8, 4) is 11.5 Å². The number of rotatable bonds is 8. The minimum atomic E-state index is -0.715. The number of hydrogen-bond donors (Lipinski definition) is 2. The van der Waals surface area contributed by atoms with Gasteiger partial charge >= 0.3 is 18.0 Å². The molecule has 10 nitrogen and oxygen atoms in total. The van der Waals surface area contributed by atoms with Gasteiger partial charge in [-0.05, 0) is 57.5 Å². The van der Waals surface area contributed by atoms with Gasteiger partial charge in [-0.3, -0.25) is 9.80 Å². The Morgan fingerprint density at radius 3 is 2.48 bits per heavy atom. The highest BCUT2D eigenvalue weighted by atomic mass is 16.5. The Kier molecular flexibility index (Phi) is 9.31. The molecule has 2 aromatic carbocycles. The summed E-state index contributed by atoms with van der Waals surface area (Å²) >= 11 is 0. The normalized spacial score (nSPS) is 19.9. The van der Waals surface area contributed by atoms with E-state index in [1.165, 1.54) is 4.90 Å². The number of amides is 4. The molecule has 2 aliphatic heterocycles. The van der Waals surface area contributed by atoms with Crippen LogP contribution in [-0.2, 0) is 9.53 Å². The first kappa shape index (κ1) is 28.9. The van der Waals surface area contributed by atoms with Crippen LogP contribution in [0.4, 0.5) is 9.59 Å². The van der Waals surface area contributed by atoms with Gasteiger partial charge in [-0.25, -0.2) is 14.4 Å². The number of carbonyl (C=O) groups is 3. The van der Waals surface area contributed by atoms with E-state index in [0.29, 0.717) is 54.5 Å². The van der Waals surface area contributed by atoms with Crippen LogP contribution in [0.15, 0.2) is 65.9 Å². The van der Waals surface area contributed by atoms with Crippen molar-refractivity contribution in [2.24, 2.45) is 0 Å². The second-order valence-corrected chi connectivity index (χ2v) is 10.4. The van der Waals surface area contributed by atoms with Gasteiger partial charge in [0.05, 0.1) is 18.2 Å². The first-order valence-electron chi connectivity index (χ1n) is 13.7. The van der Waals surface area contributed by atoms with E-state index < -0.39 is 12.0 Å². The van der Waals surface area contributed by atoms with E-state index >= 15 is 0 Å². The topological polar surface area (TPSA) is 103 Å². The van der Waals surface area contributed by atoms with Crippen LogP contribution in [0, 0.1) is 0 Å². The molecule has 1 saturated heterocycles. The number of urea groups is 2. The second-order valence-electron chi connectivity index (χ2n) is 10.4. The van der Waals surface area contributed by atoms with Crippen LogP contribution >= 0.6 is 0 Å². The summed E-state index contributed by atoms with van der Waals surface area (Å²) in [6, 6.07) is 15.7. The average Bonchev–Trinajstić information content (AvgIpc) is 2.91. The zero-order chi connectivity index (χ0) is 28.8. The third-order valence-corrected chi connectivity index (χ3v) is 7.00. The number of esters is 1. The van der Waals surface area contributed by atoms with Crippen molar-refractivity contribution in [1.82, 2.24) is 25.3 Å². The van der Waals surface area contributed by atoms with Crippen molar-refractivity contribution in [3.63, 3.8) is 0 Å². The molecule has 0 unspecified atom stereocenters.